The molecule has 0 atom stereocenters. The van der Waals surface area contributed by atoms with Gasteiger partial charge in [0.15, 0.2) is 0 Å². The standard InChI is InChI=1S/C19H25N3O.2ClH/c1-4-20-7-8-21-19(23)16-11-17(14-5-6-14)22-18-13(3)9-12(2)10-15(16)18;;/h9-11,14,20H,4-8H2,1-3H3,(H,21,23);2*1H. The molecule has 1 aliphatic rings. The van der Waals surface area contributed by atoms with Crippen molar-refractivity contribution < 1.29 is 4.79 Å². The molecule has 0 saturated heterocycles. The zero-order chi connectivity index (χ0) is 16.4. The minimum Gasteiger partial charge on any atom is -0.351 e. The van der Waals surface area contributed by atoms with Gasteiger partial charge in [0.05, 0.1) is 11.1 Å². The third-order valence-electron chi connectivity index (χ3n) is 4.35. The Labute approximate surface area is 162 Å². The highest BCUT2D eigenvalue weighted by Crippen LogP contribution is 2.40. The van der Waals surface area contributed by atoms with Gasteiger partial charge in [-0.3, -0.25) is 9.78 Å². The molecule has 0 aliphatic heterocycles. The highest BCUT2D eigenvalue weighted by Gasteiger charge is 2.27. The lowest BCUT2D eigenvalue weighted by molar-refractivity contribution is 0.0955. The molecule has 4 nitrogen and oxygen atoms in total. The molecular formula is C19H27Cl2N3O. The largest absolute Gasteiger partial charge is 0.351 e. The maximum atomic E-state index is 12.7. The first-order chi connectivity index (χ1) is 11.1. The van der Waals surface area contributed by atoms with E-state index in [-0.39, 0.29) is 30.7 Å². The lowest BCUT2D eigenvalue weighted by Gasteiger charge is -2.12. The van der Waals surface area contributed by atoms with Gasteiger partial charge in [0.1, 0.15) is 0 Å². The van der Waals surface area contributed by atoms with Crippen LogP contribution in [-0.4, -0.2) is 30.5 Å². The van der Waals surface area contributed by atoms with E-state index in [2.05, 4.69) is 43.5 Å². The van der Waals surface area contributed by atoms with E-state index < -0.39 is 0 Å². The van der Waals surface area contributed by atoms with E-state index in [0.717, 1.165) is 46.4 Å². The number of halogens is 2. The van der Waals surface area contributed by atoms with Crippen LogP contribution in [0.5, 0.6) is 0 Å². The minimum absolute atomic E-state index is 0. The van der Waals surface area contributed by atoms with E-state index in [4.69, 9.17) is 4.98 Å². The molecule has 0 unspecified atom stereocenters. The monoisotopic (exact) mass is 383 g/mol. The number of fused-ring (bicyclic) bond motifs is 1. The fraction of sp³-hybridized carbons (Fsp3) is 0.474. The summed E-state index contributed by atoms with van der Waals surface area (Å²) in [5.41, 5.74) is 5.11. The summed E-state index contributed by atoms with van der Waals surface area (Å²) in [7, 11) is 0. The van der Waals surface area contributed by atoms with E-state index in [1.165, 1.54) is 12.8 Å². The number of hydrogen-bond acceptors (Lipinski definition) is 3. The van der Waals surface area contributed by atoms with Crippen LogP contribution in [0.2, 0.25) is 0 Å². The molecule has 1 fully saturated rings. The average molecular weight is 384 g/mol. The number of carbonyl (C=O) groups is 1. The first kappa shape index (κ1) is 21.7. The van der Waals surface area contributed by atoms with Crippen LogP contribution in [0.4, 0.5) is 0 Å². The number of benzene rings is 1. The Morgan fingerprint density at radius 1 is 1.16 bits per heavy atom. The highest BCUT2D eigenvalue weighted by atomic mass is 35.5. The predicted molar refractivity (Wildman–Crippen MR) is 109 cm³/mol. The molecule has 1 heterocycles. The Bertz CT molecular complexity index is 745. The number of aryl methyl sites for hydroxylation is 2. The van der Waals surface area contributed by atoms with E-state index >= 15 is 0 Å². The molecule has 1 aromatic heterocycles. The second kappa shape index (κ2) is 9.37. The maximum absolute atomic E-state index is 12.7. The Morgan fingerprint density at radius 2 is 1.88 bits per heavy atom. The number of nitrogens with zero attached hydrogens (tertiary/aromatic N) is 1. The molecule has 1 saturated carbocycles. The number of rotatable bonds is 6. The quantitative estimate of drug-likeness (QED) is 0.743. The van der Waals surface area contributed by atoms with E-state index in [0.29, 0.717) is 12.5 Å². The van der Waals surface area contributed by atoms with Gasteiger partial charge in [0.2, 0.25) is 0 Å². The summed E-state index contributed by atoms with van der Waals surface area (Å²) in [4.78, 5) is 17.5. The van der Waals surface area contributed by atoms with Crippen LogP contribution in [-0.2, 0) is 0 Å². The average Bonchev–Trinajstić information content (AvgIpc) is 3.35. The predicted octanol–water partition coefficient (Wildman–Crippen LogP) is 3.91. The van der Waals surface area contributed by atoms with Gasteiger partial charge >= 0.3 is 0 Å². The molecule has 3 rings (SSSR count). The van der Waals surface area contributed by atoms with Crippen LogP contribution < -0.4 is 10.6 Å². The van der Waals surface area contributed by atoms with Gasteiger partial charge in [-0.1, -0.05) is 18.6 Å². The molecule has 138 valence electrons. The van der Waals surface area contributed by atoms with E-state index in [1.54, 1.807) is 0 Å². The van der Waals surface area contributed by atoms with Crippen molar-refractivity contribution in [3.05, 3.63) is 40.6 Å². The number of likely N-dealkylation sites (N-methyl/N-ethyl adjacent to an activating group) is 1. The lowest BCUT2D eigenvalue weighted by atomic mass is 10.00. The normalized spacial score (nSPS) is 13.1. The molecule has 6 heteroatoms. The van der Waals surface area contributed by atoms with Crippen molar-refractivity contribution in [2.45, 2.75) is 39.5 Å². The molecular weight excluding hydrogens is 357 g/mol. The topological polar surface area (TPSA) is 54.0 Å². The van der Waals surface area contributed by atoms with Gasteiger partial charge in [-0.15, -0.1) is 24.8 Å². The summed E-state index contributed by atoms with van der Waals surface area (Å²) in [5.74, 6) is 0.538. The molecule has 0 radical (unpaired) electrons. The molecule has 2 N–H and O–H groups in total. The first-order valence-electron chi connectivity index (χ1n) is 8.51. The van der Waals surface area contributed by atoms with Crippen molar-refractivity contribution in [1.82, 2.24) is 15.6 Å². The Morgan fingerprint density at radius 3 is 2.52 bits per heavy atom. The van der Waals surface area contributed by atoms with Crippen molar-refractivity contribution in [2.75, 3.05) is 19.6 Å². The van der Waals surface area contributed by atoms with Gasteiger partial charge in [-0.2, -0.15) is 0 Å². The Hall–Kier alpha value is -1.36. The second-order valence-corrected chi connectivity index (χ2v) is 6.46. The third kappa shape index (κ3) is 5.06. The van der Waals surface area contributed by atoms with Gasteiger partial charge in [-0.25, -0.2) is 0 Å². The fourth-order valence-electron chi connectivity index (χ4n) is 3.01. The van der Waals surface area contributed by atoms with Gasteiger partial charge in [0.25, 0.3) is 5.91 Å². The minimum atomic E-state index is 0. The molecule has 1 aliphatic carbocycles. The molecule has 2 aromatic rings. The molecule has 0 spiro atoms. The number of aromatic nitrogens is 1. The number of carbonyl (C=O) groups excluding carboxylic acids is 1. The number of pyridine rings is 1. The molecule has 0 bridgehead atoms. The lowest BCUT2D eigenvalue weighted by Crippen LogP contribution is -2.32. The van der Waals surface area contributed by atoms with Crippen LogP contribution in [0.3, 0.4) is 0 Å². The second-order valence-electron chi connectivity index (χ2n) is 6.46. The summed E-state index contributed by atoms with van der Waals surface area (Å²) in [6, 6.07) is 6.21. The highest BCUT2D eigenvalue weighted by molar-refractivity contribution is 6.07. The van der Waals surface area contributed by atoms with Crippen LogP contribution in [0.15, 0.2) is 18.2 Å². The summed E-state index contributed by atoms with van der Waals surface area (Å²) in [5, 5.41) is 7.21. The zero-order valence-corrected chi connectivity index (χ0v) is 16.6. The fourth-order valence-corrected chi connectivity index (χ4v) is 3.01. The van der Waals surface area contributed by atoms with Crippen LogP contribution in [0, 0.1) is 13.8 Å². The van der Waals surface area contributed by atoms with Gasteiger partial charge in [0, 0.05) is 30.1 Å². The number of nitrogens with one attached hydrogen (secondary N) is 2. The van der Waals surface area contributed by atoms with Crippen molar-refractivity contribution in [2.24, 2.45) is 0 Å². The summed E-state index contributed by atoms with van der Waals surface area (Å²) in [6.45, 7) is 8.54. The first-order valence-corrected chi connectivity index (χ1v) is 8.51. The molecule has 1 aromatic carbocycles. The summed E-state index contributed by atoms with van der Waals surface area (Å²) in [6.07, 6.45) is 2.37. The molecule has 1 amide bonds. The van der Waals surface area contributed by atoms with Crippen LogP contribution in [0.1, 0.15) is 52.9 Å². The summed E-state index contributed by atoms with van der Waals surface area (Å²) < 4.78 is 0. The van der Waals surface area contributed by atoms with Crippen LogP contribution in [0.25, 0.3) is 10.9 Å². The van der Waals surface area contributed by atoms with Gasteiger partial charge < -0.3 is 10.6 Å². The maximum Gasteiger partial charge on any atom is 0.252 e. The summed E-state index contributed by atoms with van der Waals surface area (Å²) >= 11 is 0. The van der Waals surface area contributed by atoms with Crippen molar-refractivity contribution in [3.8, 4) is 0 Å². The van der Waals surface area contributed by atoms with E-state index in [9.17, 15) is 4.79 Å². The SMILES string of the molecule is CCNCCNC(=O)c1cc(C2CC2)nc2c(C)cc(C)cc12.Cl.Cl. The Kier molecular flexibility index (Phi) is 8.13. The molecule has 25 heavy (non-hydrogen) atoms. The van der Waals surface area contributed by atoms with Crippen molar-refractivity contribution in [1.29, 1.82) is 0 Å². The number of hydrogen-bond donors (Lipinski definition) is 2. The van der Waals surface area contributed by atoms with Crippen LogP contribution >= 0.6 is 24.8 Å². The smallest absolute Gasteiger partial charge is 0.252 e. The zero-order valence-electron chi connectivity index (χ0n) is 15.0. The number of amides is 1. The third-order valence-corrected chi connectivity index (χ3v) is 4.35. The van der Waals surface area contributed by atoms with Gasteiger partial charge in [-0.05, 0) is 50.9 Å². The van der Waals surface area contributed by atoms with Crippen molar-refractivity contribution >= 4 is 41.6 Å². The van der Waals surface area contributed by atoms with Crippen molar-refractivity contribution in [3.63, 3.8) is 0 Å². The van der Waals surface area contributed by atoms with E-state index in [1.807, 2.05) is 6.07 Å². The Balaban J connectivity index is 0.00000156.